The summed E-state index contributed by atoms with van der Waals surface area (Å²) in [5.74, 6) is 0. The van der Waals surface area contributed by atoms with E-state index in [4.69, 9.17) is 0 Å². The Balaban J connectivity index is 2.88. The van der Waals surface area contributed by atoms with Crippen LogP contribution in [0.2, 0.25) is 0 Å². The molecule has 1 rings (SSSR count). The summed E-state index contributed by atoms with van der Waals surface area (Å²) < 4.78 is 48.8. The van der Waals surface area contributed by atoms with Crippen molar-refractivity contribution in [2.75, 3.05) is 20.6 Å². The van der Waals surface area contributed by atoms with Crippen LogP contribution in [0.15, 0.2) is 15.7 Å². The summed E-state index contributed by atoms with van der Waals surface area (Å²) in [5.41, 5.74) is 0.821. The highest BCUT2D eigenvalue weighted by Crippen LogP contribution is 2.23. The van der Waals surface area contributed by atoms with E-state index in [1.807, 2.05) is 0 Å². The Morgan fingerprint density at radius 1 is 1.53 bits per heavy atom. The molecule has 0 aliphatic heterocycles. The van der Waals surface area contributed by atoms with Crippen LogP contribution in [0.5, 0.6) is 0 Å². The summed E-state index contributed by atoms with van der Waals surface area (Å²) >= 11 is 1.04. The first kappa shape index (κ1) is 14.5. The van der Waals surface area contributed by atoms with E-state index in [2.05, 4.69) is 5.32 Å². The molecule has 0 saturated heterocycles. The van der Waals surface area contributed by atoms with Crippen LogP contribution < -0.4 is 5.32 Å². The Bertz CT molecular complexity index is 459. The minimum atomic E-state index is -3.79. The number of hydrogen-bond acceptors (Lipinski definition) is 4. The summed E-state index contributed by atoms with van der Waals surface area (Å²) in [6.07, 6.45) is -2.67. The van der Waals surface area contributed by atoms with Crippen molar-refractivity contribution in [1.29, 1.82) is 0 Å². The topological polar surface area (TPSA) is 49.4 Å². The average molecular weight is 284 g/mol. The van der Waals surface area contributed by atoms with Gasteiger partial charge in [0, 0.05) is 13.6 Å². The first-order valence-electron chi connectivity index (χ1n) is 4.84. The van der Waals surface area contributed by atoms with E-state index in [1.54, 1.807) is 12.4 Å². The second kappa shape index (κ2) is 5.85. The standard InChI is InChI=1S/C9H14F2N2O2S2/c1-12-4-7-3-9(16-6-7)17(14,15)13(2)5-8(10)11/h3,6,8,12H,4-5H2,1-2H3. The Morgan fingerprint density at radius 3 is 2.71 bits per heavy atom. The van der Waals surface area contributed by atoms with Gasteiger partial charge in [0.25, 0.3) is 16.4 Å². The van der Waals surface area contributed by atoms with Crippen LogP contribution in [-0.4, -0.2) is 39.8 Å². The van der Waals surface area contributed by atoms with Gasteiger partial charge >= 0.3 is 0 Å². The molecule has 0 saturated carbocycles. The summed E-state index contributed by atoms with van der Waals surface area (Å²) in [6.45, 7) is -0.244. The first-order valence-corrected chi connectivity index (χ1v) is 7.16. The Kier molecular flexibility index (Phi) is 4.99. The molecule has 0 spiro atoms. The van der Waals surface area contributed by atoms with E-state index < -0.39 is 23.0 Å². The second-order valence-electron chi connectivity index (χ2n) is 3.48. The third kappa shape index (κ3) is 3.70. The van der Waals surface area contributed by atoms with Crippen LogP contribution in [0.3, 0.4) is 0 Å². The zero-order chi connectivity index (χ0) is 13.1. The van der Waals surface area contributed by atoms with Crippen molar-refractivity contribution in [3.05, 3.63) is 17.0 Å². The van der Waals surface area contributed by atoms with Gasteiger partial charge < -0.3 is 5.32 Å². The summed E-state index contributed by atoms with van der Waals surface area (Å²) in [5, 5.41) is 4.58. The van der Waals surface area contributed by atoms with Gasteiger partial charge in [0.15, 0.2) is 0 Å². The van der Waals surface area contributed by atoms with Crippen molar-refractivity contribution in [2.45, 2.75) is 17.2 Å². The molecule has 0 atom stereocenters. The van der Waals surface area contributed by atoms with Crippen LogP contribution in [0.25, 0.3) is 0 Å². The number of thiophene rings is 1. The monoisotopic (exact) mass is 284 g/mol. The number of hydrogen-bond donors (Lipinski definition) is 1. The molecule has 4 nitrogen and oxygen atoms in total. The molecule has 98 valence electrons. The maximum absolute atomic E-state index is 12.1. The molecule has 0 unspecified atom stereocenters. The number of rotatable bonds is 6. The maximum atomic E-state index is 12.1. The fourth-order valence-corrected chi connectivity index (χ4v) is 3.80. The molecule has 0 aromatic carbocycles. The van der Waals surface area contributed by atoms with Gasteiger partial charge in [-0.3, -0.25) is 0 Å². The smallest absolute Gasteiger partial charge is 0.252 e. The molecule has 0 bridgehead atoms. The number of nitrogens with one attached hydrogen (secondary N) is 1. The lowest BCUT2D eigenvalue weighted by molar-refractivity contribution is 0.126. The molecular formula is C9H14F2N2O2S2. The van der Waals surface area contributed by atoms with Gasteiger partial charge in [-0.25, -0.2) is 17.2 Å². The van der Waals surface area contributed by atoms with Crippen molar-refractivity contribution >= 4 is 21.4 Å². The fourth-order valence-electron chi connectivity index (χ4n) is 1.23. The molecule has 8 heteroatoms. The minimum absolute atomic E-state index is 0.0888. The highest BCUT2D eigenvalue weighted by molar-refractivity contribution is 7.91. The number of halogens is 2. The average Bonchev–Trinajstić information content (AvgIpc) is 2.66. The molecular weight excluding hydrogens is 270 g/mol. The normalized spacial score (nSPS) is 12.6. The van der Waals surface area contributed by atoms with Crippen molar-refractivity contribution < 1.29 is 17.2 Å². The second-order valence-corrected chi connectivity index (χ2v) is 6.66. The zero-order valence-corrected chi connectivity index (χ0v) is 11.1. The molecule has 0 radical (unpaired) electrons. The minimum Gasteiger partial charge on any atom is -0.316 e. The lowest BCUT2D eigenvalue weighted by Crippen LogP contribution is -2.30. The summed E-state index contributed by atoms with van der Waals surface area (Å²) in [6, 6.07) is 1.50. The van der Waals surface area contributed by atoms with Crippen molar-refractivity contribution in [3.8, 4) is 0 Å². The van der Waals surface area contributed by atoms with Crippen LogP contribution in [0, 0.1) is 0 Å². The largest absolute Gasteiger partial charge is 0.316 e. The third-order valence-corrected chi connectivity index (χ3v) is 5.36. The van der Waals surface area contributed by atoms with Crippen LogP contribution in [0.1, 0.15) is 5.56 Å². The molecule has 17 heavy (non-hydrogen) atoms. The number of sulfonamides is 1. The van der Waals surface area contributed by atoms with E-state index >= 15 is 0 Å². The fraction of sp³-hybridized carbons (Fsp3) is 0.556. The zero-order valence-electron chi connectivity index (χ0n) is 9.48. The van der Waals surface area contributed by atoms with Gasteiger partial charge in [0.1, 0.15) is 4.21 Å². The lowest BCUT2D eigenvalue weighted by atomic mass is 10.3. The molecule has 1 aromatic heterocycles. The van der Waals surface area contributed by atoms with Crippen LogP contribution in [0.4, 0.5) is 8.78 Å². The Morgan fingerprint density at radius 2 is 2.18 bits per heavy atom. The van der Waals surface area contributed by atoms with Gasteiger partial charge in [-0.2, -0.15) is 4.31 Å². The van der Waals surface area contributed by atoms with Gasteiger partial charge in [-0.1, -0.05) is 0 Å². The maximum Gasteiger partial charge on any atom is 0.252 e. The van der Waals surface area contributed by atoms with Gasteiger partial charge in [0.2, 0.25) is 0 Å². The molecule has 1 N–H and O–H groups in total. The van der Waals surface area contributed by atoms with E-state index in [-0.39, 0.29) is 4.21 Å². The van der Waals surface area contributed by atoms with Crippen molar-refractivity contribution in [3.63, 3.8) is 0 Å². The predicted octanol–water partition coefficient (Wildman–Crippen LogP) is 1.35. The predicted molar refractivity (Wildman–Crippen MR) is 62.9 cm³/mol. The quantitative estimate of drug-likeness (QED) is 0.858. The molecule has 0 aliphatic rings. The van der Waals surface area contributed by atoms with E-state index in [0.717, 1.165) is 23.9 Å². The number of alkyl halides is 2. The van der Waals surface area contributed by atoms with Gasteiger partial charge in [-0.15, -0.1) is 11.3 Å². The van der Waals surface area contributed by atoms with Crippen molar-refractivity contribution in [2.24, 2.45) is 0 Å². The van der Waals surface area contributed by atoms with Crippen LogP contribution >= 0.6 is 11.3 Å². The van der Waals surface area contributed by atoms with E-state index in [0.29, 0.717) is 10.8 Å². The van der Waals surface area contributed by atoms with Gasteiger partial charge in [0.05, 0.1) is 6.54 Å². The highest BCUT2D eigenvalue weighted by Gasteiger charge is 2.25. The number of nitrogens with zero attached hydrogens (tertiary/aromatic N) is 1. The van der Waals surface area contributed by atoms with Crippen LogP contribution in [-0.2, 0) is 16.6 Å². The summed E-state index contributed by atoms with van der Waals surface area (Å²) in [4.78, 5) is 0. The Labute approximate surface area is 103 Å². The van der Waals surface area contributed by atoms with E-state index in [9.17, 15) is 17.2 Å². The third-order valence-electron chi connectivity index (χ3n) is 2.07. The summed E-state index contributed by atoms with van der Waals surface area (Å²) in [7, 11) is -0.891. The lowest BCUT2D eigenvalue weighted by Gasteiger charge is -2.14. The van der Waals surface area contributed by atoms with E-state index in [1.165, 1.54) is 6.07 Å². The highest BCUT2D eigenvalue weighted by atomic mass is 32.2. The molecule has 1 aromatic rings. The van der Waals surface area contributed by atoms with Gasteiger partial charge in [-0.05, 0) is 24.1 Å². The first-order chi connectivity index (χ1) is 7.87. The SMILES string of the molecule is CNCc1csc(S(=O)(=O)N(C)CC(F)F)c1. The Hall–Kier alpha value is -0.570. The molecule has 0 fully saturated rings. The van der Waals surface area contributed by atoms with Crippen molar-refractivity contribution in [1.82, 2.24) is 9.62 Å². The molecule has 0 aliphatic carbocycles. The molecule has 0 amide bonds. The molecule has 1 heterocycles.